The Labute approximate surface area is 164 Å². The fourth-order valence-corrected chi connectivity index (χ4v) is 2.84. The third kappa shape index (κ3) is 5.07. The number of amides is 1. The second-order valence-corrected chi connectivity index (χ2v) is 6.47. The van der Waals surface area contributed by atoms with Crippen molar-refractivity contribution in [1.82, 2.24) is 15.5 Å². The number of hydrogen-bond acceptors (Lipinski definition) is 5. The van der Waals surface area contributed by atoms with Crippen molar-refractivity contribution in [2.24, 2.45) is 0 Å². The number of nitrogens with zero attached hydrogens (tertiary/aromatic N) is 2. The number of rotatable bonds is 7. The third-order valence-electron chi connectivity index (χ3n) is 4.15. The zero-order valence-electron chi connectivity index (χ0n) is 16.2. The molecule has 3 rings (SSSR count). The lowest BCUT2D eigenvalue weighted by Gasteiger charge is -2.08. The molecule has 6 heteroatoms. The first-order chi connectivity index (χ1) is 13.5. The lowest BCUT2D eigenvalue weighted by Crippen LogP contribution is -2.28. The number of carbonyl (C=O) groups excluding carboxylic acids is 1. The minimum absolute atomic E-state index is 0.115. The Balaban J connectivity index is 1.49. The van der Waals surface area contributed by atoms with Gasteiger partial charge in [-0.3, -0.25) is 4.79 Å². The second-order valence-electron chi connectivity index (χ2n) is 6.47. The van der Waals surface area contributed by atoms with Gasteiger partial charge in [0, 0.05) is 17.2 Å². The van der Waals surface area contributed by atoms with Gasteiger partial charge in [0.05, 0.1) is 19.3 Å². The molecule has 3 aromatic rings. The molecule has 2 aromatic carbocycles. The van der Waals surface area contributed by atoms with Crippen LogP contribution in [-0.2, 0) is 0 Å². The molecule has 0 unspecified atom stereocenters. The highest BCUT2D eigenvalue weighted by atomic mass is 16.5. The number of nitrogens with one attached hydrogen (secondary N) is 1. The number of methoxy groups -OCH3 is 1. The summed E-state index contributed by atoms with van der Waals surface area (Å²) in [5.41, 5.74) is 4.47. The van der Waals surface area contributed by atoms with E-state index in [0.717, 1.165) is 28.1 Å². The summed E-state index contributed by atoms with van der Waals surface area (Å²) in [4.78, 5) is 12.2. The predicted octanol–water partition coefficient (Wildman–Crippen LogP) is 3.58. The van der Waals surface area contributed by atoms with Gasteiger partial charge < -0.3 is 14.8 Å². The van der Waals surface area contributed by atoms with Crippen LogP contribution in [0.25, 0.3) is 11.3 Å². The van der Waals surface area contributed by atoms with Crippen LogP contribution >= 0.6 is 0 Å². The molecule has 6 nitrogen and oxygen atoms in total. The predicted molar refractivity (Wildman–Crippen MR) is 108 cm³/mol. The highest BCUT2D eigenvalue weighted by molar-refractivity contribution is 5.94. The minimum Gasteiger partial charge on any atom is -0.497 e. The first-order valence-electron chi connectivity index (χ1n) is 9.02. The number of ether oxygens (including phenoxy) is 2. The lowest BCUT2D eigenvalue weighted by molar-refractivity contribution is 0.0946. The zero-order valence-corrected chi connectivity index (χ0v) is 16.2. The molecule has 1 amide bonds. The van der Waals surface area contributed by atoms with Gasteiger partial charge in [-0.15, -0.1) is 10.2 Å². The maximum absolute atomic E-state index is 12.2. The van der Waals surface area contributed by atoms with Crippen LogP contribution in [0.3, 0.4) is 0 Å². The SMILES string of the molecule is COc1ccc(-c2ccc(OCCNC(=O)c3cc(C)cc(C)c3)nn2)cc1. The van der Waals surface area contributed by atoms with Gasteiger partial charge in [-0.1, -0.05) is 17.2 Å². The van der Waals surface area contributed by atoms with Crippen LogP contribution in [0.1, 0.15) is 21.5 Å². The molecular weight excluding hydrogens is 354 g/mol. The molecule has 0 fully saturated rings. The van der Waals surface area contributed by atoms with Crippen LogP contribution in [0, 0.1) is 13.8 Å². The van der Waals surface area contributed by atoms with Crippen LogP contribution in [0.2, 0.25) is 0 Å². The Morgan fingerprint density at radius 3 is 2.29 bits per heavy atom. The van der Waals surface area contributed by atoms with Gasteiger partial charge in [0.2, 0.25) is 5.88 Å². The summed E-state index contributed by atoms with van der Waals surface area (Å²) in [6, 6.07) is 17.0. The number of hydrogen-bond donors (Lipinski definition) is 1. The average Bonchev–Trinajstić information content (AvgIpc) is 2.71. The quantitative estimate of drug-likeness (QED) is 0.637. The Bertz CT molecular complexity index is 918. The molecule has 0 aliphatic heterocycles. The third-order valence-corrected chi connectivity index (χ3v) is 4.15. The van der Waals surface area contributed by atoms with Crippen LogP contribution in [0.4, 0.5) is 0 Å². The molecule has 0 radical (unpaired) electrons. The molecule has 0 aliphatic rings. The first kappa shape index (κ1) is 19.4. The van der Waals surface area contributed by atoms with E-state index in [1.165, 1.54) is 0 Å². The number of benzene rings is 2. The normalized spacial score (nSPS) is 10.4. The van der Waals surface area contributed by atoms with E-state index in [1.54, 1.807) is 13.2 Å². The van der Waals surface area contributed by atoms with Crippen LogP contribution in [0.5, 0.6) is 11.6 Å². The highest BCUT2D eigenvalue weighted by Gasteiger charge is 2.07. The maximum Gasteiger partial charge on any atom is 0.251 e. The molecule has 144 valence electrons. The molecule has 0 atom stereocenters. The van der Waals surface area contributed by atoms with Gasteiger partial charge >= 0.3 is 0 Å². The van der Waals surface area contributed by atoms with E-state index in [-0.39, 0.29) is 5.91 Å². The molecule has 0 bridgehead atoms. The summed E-state index contributed by atoms with van der Waals surface area (Å²) in [6.45, 7) is 4.64. The van der Waals surface area contributed by atoms with Crippen molar-refractivity contribution in [3.8, 4) is 22.9 Å². The Morgan fingerprint density at radius 2 is 1.68 bits per heavy atom. The smallest absolute Gasteiger partial charge is 0.251 e. The summed E-state index contributed by atoms with van der Waals surface area (Å²) < 4.78 is 10.7. The van der Waals surface area contributed by atoms with Crippen molar-refractivity contribution < 1.29 is 14.3 Å². The molecule has 1 aromatic heterocycles. The molecule has 1 heterocycles. The van der Waals surface area contributed by atoms with Crippen molar-refractivity contribution in [1.29, 1.82) is 0 Å². The number of carbonyl (C=O) groups is 1. The van der Waals surface area contributed by atoms with Gasteiger partial charge in [-0.25, -0.2) is 0 Å². The minimum atomic E-state index is -0.115. The monoisotopic (exact) mass is 377 g/mol. The fourth-order valence-electron chi connectivity index (χ4n) is 2.84. The summed E-state index contributed by atoms with van der Waals surface area (Å²) in [5.74, 6) is 1.09. The topological polar surface area (TPSA) is 73.3 Å². The summed E-state index contributed by atoms with van der Waals surface area (Å²) in [7, 11) is 1.63. The van der Waals surface area contributed by atoms with Gasteiger partial charge in [0.15, 0.2) is 0 Å². The van der Waals surface area contributed by atoms with Crippen LogP contribution in [-0.4, -0.2) is 36.4 Å². The number of aryl methyl sites for hydroxylation is 2. The standard InChI is InChI=1S/C22H23N3O3/c1-15-12-16(2)14-18(13-15)22(26)23-10-11-28-21-9-8-20(24-25-21)17-4-6-19(27-3)7-5-17/h4-9,12-14H,10-11H2,1-3H3,(H,23,26). The average molecular weight is 377 g/mol. The fraction of sp³-hybridized carbons (Fsp3) is 0.227. The van der Waals surface area contributed by atoms with Gasteiger partial charge in [-0.2, -0.15) is 0 Å². The molecule has 1 N–H and O–H groups in total. The summed E-state index contributed by atoms with van der Waals surface area (Å²) in [5, 5.41) is 11.1. The van der Waals surface area contributed by atoms with E-state index in [9.17, 15) is 4.79 Å². The molecule has 0 saturated heterocycles. The molecule has 0 saturated carbocycles. The van der Waals surface area contributed by atoms with Gasteiger partial charge in [-0.05, 0) is 56.3 Å². The van der Waals surface area contributed by atoms with Crippen molar-refractivity contribution in [3.63, 3.8) is 0 Å². The van der Waals surface area contributed by atoms with E-state index in [2.05, 4.69) is 15.5 Å². The van der Waals surface area contributed by atoms with Crippen molar-refractivity contribution in [3.05, 3.63) is 71.3 Å². The molecule has 28 heavy (non-hydrogen) atoms. The van der Waals surface area contributed by atoms with Crippen molar-refractivity contribution in [2.45, 2.75) is 13.8 Å². The number of aromatic nitrogens is 2. The largest absolute Gasteiger partial charge is 0.497 e. The van der Waals surface area contributed by atoms with Crippen molar-refractivity contribution in [2.75, 3.05) is 20.3 Å². The van der Waals surface area contributed by atoms with E-state index < -0.39 is 0 Å². The lowest BCUT2D eigenvalue weighted by atomic mass is 10.1. The van der Waals surface area contributed by atoms with Crippen LogP contribution in [0.15, 0.2) is 54.6 Å². The summed E-state index contributed by atoms with van der Waals surface area (Å²) in [6.07, 6.45) is 0. The Kier molecular flexibility index (Phi) is 6.22. The first-order valence-corrected chi connectivity index (χ1v) is 9.02. The van der Waals surface area contributed by atoms with E-state index >= 15 is 0 Å². The highest BCUT2D eigenvalue weighted by Crippen LogP contribution is 2.21. The molecule has 0 aliphatic carbocycles. The van der Waals surface area contributed by atoms with Crippen LogP contribution < -0.4 is 14.8 Å². The van der Waals surface area contributed by atoms with Gasteiger partial charge in [0.1, 0.15) is 12.4 Å². The van der Waals surface area contributed by atoms with E-state index in [4.69, 9.17) is 9.47 Å². The maximum atomic E-state index is 12.2. The van der Waals surface area contributed by atoms with Gasteiger partial charge in [0.25, 0.3) is 5.91 Å². The molecular formula is C22H23N3O3. The second kappa shape index (κ2) is 8.99. The molecule has 0 spiro atoms. The summed E-state index contributed by atoms with van der Waals surface area (Å²) >= 11 is 0. The zero-order chi connectivity index (χ0) is 19.9. The van der Waals surface area contributed by atoms with Crippen molar-refractivity contribution >= 4 is 5.91 Å². The van der Waals surface area contributed by atoms with E-state index in [1.807, 2.05) is 62.4 Å². The van der Waals surface area contributed by atoms with E-state index in [0.29, 0.717) is 24.6 Å². The Hall–Kier alpha value is -3.41. The Morgan fingerprint density at radius 1 is 0.964 bits per heavy atom.